The fraction of sp³-hybridized carbons (Fsp3) is 0.368. The Morgan fingerprint density at radius 1 is 1.36 bits per heavy atom. The number of thiophene rings is 1. The third-order valence-corrected chi connectivity index (χ3v) is 5.52. The van der Waals surface area contributed by atoms with Crippen LogP contribution in [-0.4, -0.2) is 23.4 Å². The maximum absolute atomic E-state index is 12.3. The third kappa shape index (κ3) is 4.40. The van der Waals surface area contributed by atoms with Crippen molar-refractivity contribution in [1.82, 2.24) is 4.90 Å². The van der Waals surface area contributed by atoms with E-state index in [4.69, 9.17) is 0 Å². The Hall–Kier alpha value is -1.87. The van der Waals surface area contributed by atoms with Crippen LogP contribution in [0.5, 0.6) is 0 Å². The molecule has 1 amide bonds. The Balaban J connectivity index is 0.00000225. The Labute approximate surface area is 158 Å². The highest BCUT2D eigenvalue weighted by Crippen LogP contribution is 2.37. The van der Waals surface area contributed by atoms with Crippen molar-refractivity contribution < 1.29 is 17.2 Å². The monoisotopic (exact) mass is 374 g/mol. The van der Waals surface area contributed by atoms with E-state index in [1.54, 1.807) is 11.3 Å². The number of hydrogen-bond acceptors (Lipinski definition) is 4. The van der Waals surface area contributed by atoms with E-state index >= 15 is 0 Å². The van der Waals surface area contributed by atoms with Gasteiger partial charge in [0.15, 0.2) is 0 Å². The number of anilines is 1. The number of amides is 1. The van der Waals surface area contributed by atoms with E-state index < -0.39 is 0 Å². The number of carbonyl (C=O) groups is 1. The summed E-state index contributed by atoms with van der Waals surface area (Å²) >= 11 is 1.55. The lowest BCUT2D eigenvalue weighted by atomic mass is 10.0. The highest BCUT2D eigenvalue weighted by molar-refractivity contribution is 7.16. The second kappa shape index (κ2) is 8.48. The number of carbonyl (C=O) groups excluding carboxylic acids is 1. The molecule has 3 rings (SSSR count). The fourth-order valence-corrected chi connectivity index (χ4v) is 4.26. The zero-order chi connectivity index (χ0) is 17.1. The van der Waals surface area contributed by atoms with Crippen molar-refractivity contribution in [1.29, 1.82) is 5.26 Å². The number of nitriles is 1. The minimum Gasteiger partial charge on any atom is -1.00 e. The first-order valence-corrected chi connectivity index (χ1v) is 9.02. The molecule has 2 aromatic rings. The van der Waals surface area contributed by atoms with Crippen LogP contribution in [0.2, 0.25) is 0 Å². The lowest BCUT2D eigenvalue weighted by Gasteiger charge is -2.30. The van der Waals surface area contributed by atoms with Crippen molar-refractivity contribution in [2.45, 2.75) is 39.3 Å². The lowest BCUT2D eigenvalue weighted by molar-refractivity contribution is -0.115. The van der Waals surface area contributed by atoms with Crippen molar-refractivity contribution in [3.8, 4) is 6.07 Å². The Bertz CT molecular complexity index is 780. The predicted octanol–water partition coefficient (Wildman–Crippen LogP) is 0.571. The molecule has 25 heavy (non-hydrogen) atoms. The van der Waals surface area contributed by atoms with Gasteiger partial charge in [-0.1, -0.05) is 30.3 Å². The second-order valence-corrected chi connectivity index (χ2v) is 7.45. The fourth-order valence-electron chi connectivity index (χ4n) is 3.02. The van der Waals surface area contributed by atoms with Gasteiger partial charge >= 0.3 is 0 Å². The molecule has 1 aliphatic rings. The summed E-state index contributed by atoms with van der Waals surface area (Å²) in [7, 11) is 0. The molecule has 1 aliphatic heterocycles. The largest absolute Gasteiger partial charge is 1.00 e. The van der Waals surface area contributed by atoms with E-state index in [0.717, 1.165) is 30.6 Å². The molecule has 0 unspecified atom stereocenters. The van der Waals surface area contributed by atoms with Crippen molar-refractivity contribution in [3.05, 3.63) is 51.9 Å². The molecule has 0 saturated carbocycles. The van der Waals surface area contributed by atoms with Gasteiger partial charge in [-0.15, -0.1) is 11.3 Å². The topological polar surface area (TPSA) is 56.1 Å². The number of hydrogen-bond donors (Lipinski definition) is 1. The Morgan fingerprint density at radius 3 is 2.72 bits per heavy atom. The molecule has 1 aromatic heterocycles. The first-order chi connectivity index (χ1) is 11.6. The van der Waals surface area contributed by atoms with Crippen LogP contribution in [0.15, 0.2) is 30.3 Å². The standard InChI is InChI=1S/C19H21N3OS.ClH/c1-13(2)22-9-8-15-16(11-20)19(24-17(15)12-22)21-18(23)10-14-6-4-3-5-7-14;/h3-7,13H,8-10,12H2,1-2H3,(H,21,23);1H/p-1. The van der Waals surface area contributed by atoms with Gasteiger partial charge in [0.25, 0.3) is 0 Å². The summed E-state index contributed by atoms with van der Waals surface area (Å²) in [6, 6.07) is 12.4. The number of fused-ring (bicyclic) bond motifs is 1. The maximum Gasteiger partial charge on any atom is 0.229 e. The number of halogens is 1. The van der Waals surface area contributed by atoms with Crippen LogP contribution in [0.25, 0.3) is 0 Å². The van der Waals surface area contributed by atoms with Gasteiger partial charge in [0, 0.05) is 24.0 Å². The average Bonchev–Trinajstić information content (AvgIpc) is 2.91. The summed E-state index contributed by atoms with van der Waals surface area (Å²) in [6.07, 6.45) is 1.20. The Morgan fingerprint density at radius 2 is 2.08 bits per heavy atom. The molecule has 2 heterocycles. The molecule has 0 bridgehead atoms. The normalized spacial score (nSPS) is 13.7. The zero-order valence-electron chi connectivity index (χ0n) is 14.4. The Kier molecular flexibility index (Phi) is 6.60. The van der Waals surface area contributed by atoms with Crippen molar-refractivity contribution >= 4 is 22.2 Å². The molecular formula is C19H21ClN3OS-. The van der Waals surface area contributed by atoms with E-state index in [1.165, 1.54) is 4.88 Å². The van der Waals surface area contributed by atoms with E-state index in [1.807, 2.05) is 30.3 Å². The molecule has 0 aliphatic carbocycles. The molecule has 6 heteroatoms. The van der Waals surface area contributed by atoms with Crippen molar-refractivity contribution in [2.24, 2.45) is 0 Å². The van der Waals surface area contributed by atoms with Crippen LogP contribution in [-0.2, 0) is 24.2 Å². The quantitative estimate of drug-likeness (QED) is 0.851. The average molecular weight is 375 g/mol. The van der Waals surface area contributed by atoms with Gasteiger partial charge in [-0.05, 0) is 31.4 Å². The molecular weight excluding hydrogens is 354 g/mol. The summed E-state index contributed by atoms with van der Waals surface area (Å²) in [5.41, 5.74) is 2.75. The van der Waals surface area contributed by atoms with E-state index in [-0.39, 0.29) is 18.3 Å². The van der Waals surface area contributed by atoms with Crippen LogP contribution in [0, 0.1) is 11.3 Å². The molecule has 1 aromatic carbocycles. The van der Waals surface area contributed by atoms with Crippen LogP contribution in [0.3, 0.4) is 0 Å². The van der Waals surface area contributed by atoms with E-state index in [2.05, 4.69) is 30.1 Å². The summed E-state index contributed by atoms with van der Waals surface area (Å²) in [5.74, 6) is -0.0722. The van der Waals surface area contributed by atoms with Gasteiger partial charge in [-0.2, -0.15) is 5.26 Å². The van der Waals surface area contributed by atoms with Crippen molar-refractivity contribution in [3.63, 3.8) is 0 Å². The second-order valence-electron chi connectivity index (χ2n) is 6.34. The molecule has 1 N–H and O–H groups in total. The van der Waals surface area contributed by atoms with Crippen LogP contribution < -0.4 is 17.7 Å². The van der Waals surface area contributed by atoms with Gasteiger partial charge < -0.3 is 17.7 Å². The van der Waals surface area contributed by atoms with Crippen LogP contribution >= 0.6 is 11.3 Å². The molecule has 0 radical (unpaired) electrons. The highest BCUT2D eigenvalue weighted by Gasteiger charge is 2.26. The smallest absolute Gasteiger partial charge is 0.229 e. The van der Waals surface area contributed by atoms with Gasteiger partial charge in [0.2, 0.25) is 5.91 Å². The SMILES string of the molecule is CC(C)N1CCc2c(sc(NC(=O)Cc3ccccc3)c2C#N)C1.[Cl-]. The zero-order valence-corrected chi connectivity index (χ0v) is 16.0. The summed E-state index contributed by atoms with van der Waals surface area (Å²) < 4.78 is 0. The van der Waals surface area contributed by atoms with Gasteiger partial charge in [-0.3, -0.25) is 9.69 Å². The molecule has 0 fully saturated rings. The van der Waals surface area contributed by atoms with E-state index in [9.17, 15) is 10.1 Å². The van der Waals surface area contributed by atoms with Crippen LogP contribution in [0.1, 0.15) is 35.4 Å². The first kappa shape index (κ1) is 19.5. The predicted molar refractivity (Wildman–Crippen MR) is 97.1 cm³/mol. The van der Waals surface area contributed by atoms with Gasteiger partial charge in [0.1, 0.15) is 11.1 Å². The van der Waals surface area contributed by atoms with Gasteiger partial charge in [0.05, 0.1) is 12.0 Å². The molecule has 4 nitrogen and oxygen atoms in total. The molecule has 0 atom stereocenters. The molecule has 0 spiro atoms. The maximum atomic E-state index is 12.3. The number of rotatable bonds is 4. The summed E-state index contributed by atoms with van der Waals surface area (Å²) in [6.45, 7) is 6.20. The van der Waals surface area contributed by atoms with E-state index in [0.29, 0.717) is 23.0 Å². The molecule has 0 saturated heterocycles. The number of nitrogens with one attached hydrogen (secondary N) is 1. The lowest BCUT2D eigenvalue weighted by Crippen LogP contribution is -3.00. The van der Waals surface area contributed by atoms with Crippen molar-refractivity contribution in [2.75, 3.05) is 11.9 Å². The minimum atomic E-state index is -0.0722. The first-order valence-electron chi connectivity index (χ1n) is 8.21. The summed E-state index contributed by atoms with van der Waals surface area (Å²) in [5, 5.41) is 13.2. The van der Waals surface area contributed by atoms with Crippen LogP contribution in [0.4, 0.5) is 5.00 Å². The molecule has 132 valence electrons. The summed E-state index contributed by atoms with van der Waals surface area (Å²) in [4.78, 5) is 15.9. The highest BCUT2D eigenvalue weighted by atomic mass is 35.5. The number of nitrogens with zero attached hydrogens (tertiary/aromatic N) is 2. The third-order valence-electron chi connectivity index (χ3n) is 4.39. The number of benzene rings is 1. The minimum absolute atomic E-state index is 0. The van der Waals surface area contributed by atoms with Gasteiger partial charge in [-0.25, -0.2) is 0 Å².